The molecule has 1 N–H and O–H groups in total. The zero-order valence-corrected chi connectivity index (χ0v) is 12.6. The molecule has 0 spiro atoms. The lowest BCUT2D eigenvalue weighted by molar-refractivity contribution is -0.0101. The largest absolute Gasteiger partial charge is 0.377 e. The highest BCUT2D eigenvalue weighted by Crippen LogP contribution is 2.18. The van der Waals surface area contributed by atoms with E-state index in [0.717, 1.165) is 25.2 Å². The molecule has 0 fully saturated rings. The summed E-state index contributed by atoms with van der Waals surface area (Å²) in [7, 11) is 1.77. The Bertz CT molecular complexity index is 371. The third kappa shape index (κ3) is 3.56. The highest BCUT2D eigenvalue weighted by atomic mass is 16.5. The fourth-order valence-corrected chi connectivity index (χ4v) is 2.20. The zero-order chi connectivity index (χ0) is 13.8. The van der Waals surface area contributed by atoms with Crippen LogP contribution < -0.4 is 5.32 Å². The average molecular weight is 253 g/mol. The number of hydrogen-bond donors (Lipinski definition) is 1. The maximum Gasteiger partial charge on any atom is 0.0778 e. The molecule has 4 nitrogen and oxygen atoms in total. The maximum absolute atomic E-state index is 5.61. The van der Waals surface area contributed by atoms with Crippen LogP contribution >= 0.6 is 0 Å². The Morgan fingerprint density at radius 2 is 2.11 bits per heavy atom. The minimum Gasteiger partial charge on any atom is -0.377 e. The Morgan fingerprint density at radius 1 is 1.44 bits per heavy atom. The highest BCUT2D eigenvalue weighted by molar-refractivity contribution is 5.12. The third-order valence-electron chi connectivity index (χ3n) is 3.51. The van der Waals surface area contributed by atoms with Gasteiger partial charge in [-0.25, -0.2) is 0 Å². The van der Waals surface area contributed by atoms with E-state index in [1.807, 2.05) is 6.92 Å². The molecule has 1 unspecified atom stereocenters. The zero-order valence-electron chi connectivity index (χ0n) is 12.6. The molecular weight excluding hydrogens is 226 g/mol. The van der Waals surface area contributed by atoms with Crippen molar-refractivity contribution in [3.05, 3.63) is 17.5 Å². The molecule has 0 radical (unpaired) electrons. The van der Waals surface area contributed by atoms with E-state index in [0.29, 0.717) is 0 Å². The molecule has 18 heavy (non-hydrogen) atoms. The first-order valence-electron chi connectivity index (χ1n) is 6.76. The molecule has 0 amide bonds. The van der Waals surface area contributed by atoms with Gasteiger partial charge in [0.1, 0.15) is 0 Å². The van der Waals surface area contributed by atoms with Crippen molar-refractivity contribution >= 4 is 0 Å². The second kappa shape index (κ2) is 6.34. The minimum atomic E-state index is -0.188. The summed E-state index contributed by atoms with van der Waals surface area (Å²) in [5.74, 6) is 0. The van der Waals surface area contributed by atoms with Crippen LogP contribution in [0.4, 0.5) is 0 Å². The average Bonchev–Trinajstić information content (AvgIpc) is 2.69. The van der Waals surface area contributed by atoms with Crippen molar-refractivity contribution in [2.24, 2.45) is 0 Å². The first kappa shape index (κ1) is 15.2. The van der Waals surface area contributed by atoms with Gasteiger partial charge in [0.05, 0.1) is 11.3 Å². The van der Waals surface area contributed by atoms with Gasteiger partial charge in [0, 0.05) is 31.8 Å². The summed E-state index contributed by atoms with van der Waals surface area (Å²) in [5, 5.41) is 8.02. The quantitative estimate of drug-likeness (QED) is 0.809. The minimum absolute atomic E-state index is 0.188. The Kier molecular flexibility index (Phi) is 5.35. The summed E-state index contributed by atoms with van der Waals surface area (Å²) < 4.78 is 7.69. The molecule has 1 heterocycles. The fraction of sp³-hybridized carbons (Fsp3) is 0.786. The lowest BCUT2D eigenvalue weighted by Crippen LogP contribution is -2.49. The topological polar surface area (TPSA) is 39.1 Å². The molecule has 0 bridgehead atoms. The molecule has 0 aliphatic rings. The summed E-state index contributed by atoms with van der Waals surface area (Å²) in [6.45, 7) is 12.4. The van der Waals surface area contributed by atoms with E-state index in [-0.39, 0.29) is 11.6 Å². The van der Waals surface area contributed by atoms with Crippen LogP contribution in [0.1, 0.15) is 39.1 Å². The molecule has 1 aromatic rings. The van der Waals surface area contributed by atoms with Crippen molar-refractivity contribution in [3.8, 4) is 0 Å². The van der Waals surface area contributed by atoms with Crippen molar-refractivity contribution in [3.63, 3.8) is 0 Å². The number of hydrogen-bond acceptors (Lipinski definition) is 3. The van der Waals surface area contributed by atoms with Crippen LogP contribution in [0.25, 0.3) is 0 Å². The summed E-state index contributed by atoms with van der Waals surface area (Å²) >= 11 is 0. The lowest BCUT2D eigenvalue weighted by Gasteiger charge is -2.33. The molecule has 0 aromatic carbocycles. The standard InChI is InChI=1S/C14H27N3O/c1-7-15-13(14(4,5)18-6)10-12-9-11(3)16-17(12)8-2/h9,13,15H,7-8,10H2,1-6H3. The second-order valence-electron chi connectivity index (χ2n) is 5.21. The predicted octanol–water partition coefficient (Wildman–Crippen LogP) is 2.16. The van der Waals surface area contributed by atoms with Crippen molar-refractivity contribution in [1.29, 1.82) is 0 Å². The van der Waals surface area contributed by atoms with Crippen LogP contribution in [0.3, 0.4) is 0 Å². The molecule has 4 heteroatoms. The van der Waals surface area contributed by atoms with E-state index in [9.17, 15) is 0 Å². The fourth-order valence-electron chi connectivity index (χ4n) is 2.20. The van der Waals surface area contributed by atoms with Crippen LogP contribution in [0.2, 0.25) is 0 Å². The van der Waals surface area contributed by atoms with Crippen LogP contribution in [0, 0.1) is 6.92 Å². The number of nitrogens with zero attached hydrogens (tertiary/aromatic N) is 2. The maximum atomic E-state index is 5.61. The van der Waals surface area contributed by atoms with Crippen LogP contribution in [-0.4, -0.2) is 35.1 Å². The van der Waals surface area contributed by atoms with Gasteiger partial charge in [0.25, 0.3) is 0 Å². The molecular formula is C14H27N3O. The van der Waals surface area contributed by atoms with Crippen LogP contribution in [0.5, 0.6) is 0 Å². The Morgan fingerprint density at radius 3 is 2.61 bits per heavy atom. The molecule has 1 aromatic heterocycles. The van der Waals surface area contributed by atoms with Crippen molar-refractivity contribution < 1.29 is 4.74 Å². The third-order valence-corrected chi connectivity index (χ3v) is 3.51. The van der Waals surface area contributed by atoms with Crippen molar-refractivity contribution in [1.82, 2.24) is 15.1 Å². The first-order chi connectivity index (χ1) is 8.44. The summed E-state index contributed by atoms with van der Waals surface area (Å²) in [5.41, 5.74) is 2.16. The number of aryl methyl sites for hydroxylation is 2. The summed E-state index contributed by atoms with van der Waals surface area (Å²) in [6, 6.07) is 2.45. The molecule has 1 atom stereocenters. The normalized spacial score (nSPS) is 13.9. The van der Waals surface area contributed by atoms with Crippen LogP contribution in [0.15, 0.2) is 6.07 Å². The smallest absolute Gasteiger partial charge is 0.0778 e. The van der Waals surface area contributed by atoms with E-state index in [1.165, 1.54) is 5.69 Å². The van der Waals surface area contributed by atoms with Gasteiger partial charge in [-0.1, -0.05) is 6.92 Å². The van der Waals surface area contributed by atoms with E-state index < -0.39 is 0 Å². The van der Waals surface area contributed by atoms with Gasteiger partial charge in [-0.15, -0.1) is 0 Å². The van der Waals surface area contributed by atoms with Gasteiger partial charge in [0.15, 0.2) is 0 Å². The second-order valence-corrected chi connectivity index (χ2v) is 5.21. The van der Waals surface area contributed by atoms with E-state index in [1.54, 1.807) is 7.11 Å². The number of methoxy groups -OCH3 is 1. The number of nitrogens with one attached hydrogen (secondary N) is 1. The highest BCUT2D eigenvalue weighted by Gasteiger charge is 2.29. The van der Waals surface area contributed by atoms with Gasteiger partial charge in [-0.05, 0) is 40.3 Å². The number of aromatic nitrogens is 2. The Labute approximate surface area is 111 Å². The Balaban J connectivity index is 2.89. The number of likely N-dealkylation sites (N-methyl/N-ethyl adjacent to an activating group) is 1. The van der Waals surface area contributed by atoms with Crippen molar-refractivity contribution in [2.45, 2.75) is 59.2 Å². The molecule has 0 saturated heterocycles. The van der Waals surface area contributed by atoms with Crippen molar-refractivity contribution in [2.75, 3.05) is 13.7 Å². The van der Waals surface area contributed by atoms with Gasteiger partial charge in [-0.2, -0.15) is 5.10 Å². The lowest BCUT2D eigenvalue weighted by atomic mass is 9.94. The Hall–Kier alpha value is -0.870. The molecule has 0 aliphatic heterocycles. The molecule has 104 valence electrons. The monoisotopic (exact) mass is 253 g/mol. The van der Waals surface area contributed by atoms with Gasteiger partial charge in [-0.3, -0.25) is 4.68 Å². The molecule has 1 rings (SSSR count). The van der Waals surface area contributed by atoms with Gasteiger partial charge < -0.3 is 10.1 Å². The molecule has 0 aliphatic carbocycles. The first-order valence-corrected chi connectivity index (χ1v) is 6.76. The number of rotatable bonds is 7. The van der Waals surface area contributed by atoms with Gasteiger partial charge in [0.2, 0.25) is 0 Å². The van der Waals surface area contributed by atoms with Crippen LogP contribution in [-0.2, 0) is 17.7 Å². The van der Waals surface area contributed by atoms with Gasteiger partial charge >= 0.3 is 0 Å². The van der Waals surface area contributed by atoms with E-state index in [4.69, 9.17) is 4.74 Å². The summed E-state index contributed by atoms with van der Waals surface area (Å²) in [6.07, 6.45) is 0.934. The summed E-state index contributed by atoms with van der Waals surface area (Å²) in [4.78, 5) is 0. The predicted molar refractivity (Wildman–Crippen MR) is 74.9 cm³/mol. The number of ether oxygens (including phenoxy) is 1. The SMILES string of the molecule is CCNC(Cc1cc(C)nn1CC)C(C)(C)OC. The van der Waals surface area contributed by atoms with E-state index in [2.05, 4.69) is 48.9 Å². The molecule has 0 saturated carbocycles. The van der Waals surface area contributed by atoms with E-state index >= 15 is 0 Å².